The summed E-state index contributed by atoms with van der Waals surface area (Å²) in [6.45, 7) is 3.11. The molecule has 0 bridgehead atoms. The number of hydrogen-bond donors (Lipinski definition) is 1. The average Bonchev–Trinajstić information content (AvgIpc) is 2.40. The number of rotatable bonds is 4. The van der Waals surface area contributed by atoms with Gasteiger partial charge in [0.05, 0.1) is 12.8 Å². The average molecular weight is 252 g/mol. The molecule has 0 spiro atoms. The van der Waals surface area contributed by atoms with Gasteiger partial charge in [0.15, 0.2) is 0 Å². The number of methoxy groups -OCH3 is 1. The molecule has 4 heteroatoms. The lowest BCUT2D eigenvalue weighted by molar-refractivity contribution is 0.374. The van der Waals surface area contributed by atoms with Crippen LogP contribution in [0, 0.1) is 11.7 Å². The van der Waals surface area contributed by atoms with Crippen molar-refractivity contribution in [1.82, 2.24) is 5.32 Å². The molecule has 0 amide bonds. The molecule has 100 valence electrons. The van der Waals surface area contributed by atoms with Crippen molar-refractivity contribution in [2.24, 2.45) is 5.92 Å². The second kappa shape index (κ2) is 6.05. The fourth-order valence-electron chi connectivity index (χ4n) is 2.51. The molecule has 1 fully saturated rings. The highest BCUT2D eigenvalue weighted by Crippen LogP contribution is 2.29. The van der Waals surface area contributed by atoms with Gasteiger partial charge in [0.25, 0.3) is 0 Å². The van der Waals surface area contributed by atoms with Crippen molar-refractivity contribution in [3.63, 3.8) is 0 Å². The summed E-state index contributed by atoms with van der Waals surface area (Å²) in [4.78, 5) is 2.10. The van der Waals surface area contributed by atoms with Gasteiger partial charge < -0.3 is 15.0 Å². The number of nitrogens with one attached hydrogen (secondary N) is 1. The van der Waals surface area contributed by atoms with Crippen LogP contribution in [0.5, 0.6) is 5.75 Å². The van der Waals surface area contributed by atoms with Gasteiger partial charge in [0, 0.05) is 19.7 Å². The van der Waals surface area contributed by atoms with Crippen molar-refractivity contribution in [2.75, 3.05) is 38.7 Å². The molecule has 0 unspecified atom stereocenters. The summed E-state index contributed by atoms with van der Waals surface area (Å²) in [5.74, 6) is 1.18. The number of halogens is 1. The van der Waals surface area contributed by atoms with Crippen LogP contribution >= 0.6 is 0 Å². The van der Waals surface area contributed by atoms with Gasteiger partial charge in [-0.1, -0.05) is 0 Å². The van der Waals surface area contributed by atoms with Crippen molar-refractivity contribution in [3.8, 4) is 5.75 Å². The lowest BCUT2D eigenvalue weighted by atomic mass is 9.97. The van der Waals surface area contributed by atoms with Crippen molar-refractivity contribution in [3.05, 3.63) is 24.0 Å². The van der Waals surface area contributed by atoms with Crippen LogP contribution in [0.4, 0.5) is 10.1 Å². The summed E-state index contributed by atoms with van der Waals surface area (Å²) < 4.78 is 18.6. The first-order valence-corrected chi connectivity index (χ1v) is 6.46. The van der Waals surface area contributed by atoms with Crippen LogP contribution < -0.4 is 15.0 Å². The van der Waals surface area contributed by atoms with E-state index in [1.165, 1.54) is 18.9 Å². The first-order chi connectivity index (χ1) is 8.70. The third kappa shape index (κ3) is 3.13. The highest BCUT2D eigenvalue weighted by Gasteiger charge is 2.17. The molecule has 1 aromatic carbocycles. The topological polar surface area (TPSA) is 24.5 Å². The molecule has 2 rings (SSSR count). The summed E-state index contributed by atoms with van der Waals surface area (Å²) in [7, 11) is 3.62. The zero-order valence-electron chi connectivity index (χ0n) is 11.1. The minimum absolute atomic E-state index is 0.219. The lowest BCUT2D eigenvalue weighted by Crippen LogP contribution is -2.34. The molecule has 1 N–H and O–H groups in total. The molecule has 1 saturated heterocycles. The van der Waals surface area contributed by atoms with Crippen molar-refractivity contribution in [1.29, 1.82) is 0 Å². The number of ether oxygens (including phenoxy) is 1. The Morgan fingerprint density at radius 1 is 1.39 bits per heavy atom. The van der Waals surface area contributed by atoms with Gasteiger partial charge in [-0.15, -0.1) is 0 Å². The summed E-state index contributed by atoms with van der Waals surface area (Å²) in [5, 5.41) is 3.36. The van der Waals surface area contributed by atoms with Crippen LogP contribution in [0.2, 0.25) is 0 Å². The Morgan fingerprint density at radius 3 is 2.78 bits per heavy atom. The van der Waals surface area contributed by atoms with Crippen molar-refractivity contribution < 1.29 is 9.13 Å². The Morgan fingerprint density at radius 2 is 2.11 bits per heavy atom. The SMILES string of the molecule is COc1ccc(F)cc1N(C)CC1CCNCC1. The number of anilines is 1. The van der Waals surface area contributed by atoms with Gasteiger partial charge in [0.1, 0.15) is 11.6 Å². The lowest BCUT2D eigenvalue weighted by Gasteiger charge is -2.29. The van der Waals surface area contributed by atoms with Gasteiger partial charge in [0.2, 0.25) is 0 Å². The first-order valence-electron chi connectivity index (χ1n) is 6.46. The minimum Gasteiger partial charge on any atom is -0.495 e. The maximum Gasteiger partial charge on any atom is 0.142 e. The summed E-state index contributed by atoms with van der Waals surface area (Å²) in [6.07, 6.45) is 2.37. The van der Waals surface area contributed by atoms with E-state index in [-0.39, 0.29) is 5.82 Å². The Kier molecular flexibility index (Phi) is 4.42. The largest absolute Gasteiger partial charge is 0.495 e. The molecule has 0 atom stereocenters. The van der Waals surface area contributed by atoms with Gasteiger partial charge >= 0.3 is 0 Å². The predicted molar refractivity (Wildman–Crippen MR) is 71.8 cm³/mol. The normalized spacial score (nSPS) is 16.6. The molecule has 1 heterocycles. The Balaban J connectivity index is 2.07. The minimum atomic E-state index is -0.219. The molecule has 18 heavy (non-hydrogen) atoms. The van der Waals surface area contributed by atoms with Gasteiger partial charge in [-0.3, -0.25) is 0 Å². The highest BCUT2D eigenvalue weighted by atomic mass is 19.1. The van der Waals surface area contributed by atoms with E-state index in [9.17, 15) is 4.39 Å². The van der Waals surface area contributed by atoms with Crippen LogP contribution in [0.15, 0.2) is 18.2 Å². The molecular weight excluding hydrogens is 231 g/mol. The Labute approximate surface area is 108 Å². The van der Waals surface area contributed by atoms with Gasteiger partial charge in [-0.2, -0.15) is 0 Å². The molecule has 0 aliphatic carbocycles. The van der Waals surface area contributed by atoms with E-state index in [1.807, 2.05) is 7.05 Å². The quantitative estimate of drug-likeness (QED) is 0.889. The zero-order chi connectivity index (χ0) is 13.0. The maximum atomic E-state index is 13.3. The van der Waals surface area contributed by atoms with E-state index in [1.54, 1.807) is 19.2 Å². The predicted octanol–water partition coefficient (Wildman–Crippen LogP) is 2.27. The molecule has 0 radical (unpaired) electrons. The first kappa shape index (κ1) is 13.1. The fraction of sp³-hybridized carbons (Fsp3) is 0.571. The van der Waals surface area contributed by atoms with E-state index in [0.29, 0.717) is 5.92 Å². The Hall–Kier alpha value is -1.29. The number of nitrogens with zero attached hydrogens (tertiary/aromatic N) is 1. The Bertz CT molecular complexity index is 391. The van der Waals surface area contributed by atoms with E-state index in [0.717, 1.165) is 31.1 Å². The molecular formula is C14H21FN2O. The third-order valence-electron chi connectivity index (χ3n) is 3.54. The second-order valence-corrected chi connectivity index (χ2v) is 4.89. The van der Waals surface area contributed by atoms with E-state index in [2.05, 4.69) is 10.2 Å². The van der Waals surface area contributed by atoms with Gasteiger partial charge in [-0.25, -0.2) is 4.39 Å². The van der Waals surface area contributed by atoms with E-state index >= 15 is 0 Å². The number of benzene rings is 1. The smallest absolute Gasteiger partial charge is 0.142 e. The number of hydrogen-bond acceptors (Lipinski definition) is 3. The monoisotopic (exact) mass is 252 g/mol. The molecule has 1 aliphatic heterocycles. The fourth-order valence-corrected chi connectivity index (χ4v) is 2.51. The van der Waals surface area contributed by atoms with E-state index in [4.69, 9.17) is 4.74 Å². The standard InChI is InChI=1S/C14H21FN2O/c1-17(10-11-5-7-16-8-6-11)13-9-12(15)3-4-14(13)18-2/h3-4,9,11,16H,5-8,10H2,1-2H3. The molecule has 0 saturated carbocycles. The van der Waals surface area contributed by atoms with Crippen LogP contribution in [0.1, 0.15) is 12.8 Å². The summed E-state index contributed by atoms with van der Waals surface area (Å²) in [5.41, 5.74) is 0.830. The van der Waals surface area contributed by atoms with Crippen LogP contribution in [-0.4, -0.2) is 33.8 Å². The van der Waals surface area contributed by atoms with Gasteiger partial charge in [-0.05, 0) is 44.0 Å². The van der Waals surface area contributed by atoms with Crippen molar-refractivity contribution >= 4 is 5.69 Å². The van der Waals surface area contributed by atoms with E-state index < -0.39 is 0 Å². The second-order valence-electron chi connectivity index (χ2n) is 4.89. The van der Waals surface area contributed by atoms with Crippen LogP contribution in [0.3, 0.4) is 0 Å². The van der Waals surface area contributed by atoms with Crippen LogP contribution in [0.25, 0.3) is 0 Å². The summed E-state index contributed by atoms with van der Waals surface area (Å²) >= 11 is 0. The molecule has 0 aromatic heterocycles. The van der Waals surface area contributed by atoms with Crippen LogP contribution in [-0.2, 0) is 0 Å². The summed E-state index contributed by atoms with van der Waals surface area (Å²) in [6, 6.07) is 4.66. The number of piperidine rings is 1. The molecule has 1 aromatic rings. The molecule has 1 aliphatic rings. The zero-order valence-corrected chi connectivity index (χ0v) is 11.1. The van der Waals surface area contributed by atoms with Crippen molar-refractivity contribution in [2.45, 2.75) is 12.8 Å². The third-order valence-corrected chi connectivity index (χ3v) is 3.54. The maximum absolute atomic E-state index is 13.3. The highest BCUT2D eigenvalue weighted by molar-refractivity contribution is 5.58. The molecule has 3 nitrogen and oxygen atoms in total.